The first kappa shape index (κ1) is 22.4. The first-order valence-electron chi connectivity index (χ1n) is 10.1. The molecule has 3 heterocycles. The van der Waals surface area contributed by atoms with E-state index in [1.54, 1.807) is 24.4 Å². The van der Waals surface area contributed by atoms with Crippen molar-refractivity contribution in [2.45, 2.75) is 24.9 Å². The van der Waals surface area contributed by atoms with E-state index in [9.17, 15) is 9.18 Å². The van der Waals surface area contributed by atoms with Crippen molar-refractivity contribution in [3.05, 3.63) is 76.5 Å². The van der Waals surface area contributed by atoms with Gasteiger partial charge < -0.3 is 19.4 Å². The molecule has 2 aromatic heterocycles. The molecule has 4 rings (SSSR count). The van der Waals surface area contributed by atoms with E-state index in [1.165, 1.54) is 13.2 Å². The van der Waals surface area contributed by atoms with Crippen LogP contribution in [0, 0.1) is 5.82 Å². The zero-order valence-corrected chi connectivity index (χ0v) is 19.7. The van der Waals surface area contributed by atoms with Crippen molar-refractivity contribution in [1.29, 1.82) is 0 Å². The number of aromatic nitrogens is 1. The molecule has 2 atom stereocenters. The second-order valence-electron chi connectivity index (χ2n) is 7.33. The van der Waals surface area contributed by atoms with Crippen LogP contribution in [-0.2, 0) is 9.53 Å². The normalized spacial score (nSPS) is 18.0. The molecule has 1 fully saturated rings. The van der Waals surface area contributed by atoms with Gasteiger partial charge in [-0.05, 0) is 61.1 Å². The highest BCUT2D eigenvalue weighted by Gasteiger charge is 2.41. The topological polar surface area (TPSA) is 67.6 Å². The molecule has 0 unspecified atom stereocenters. The maximum absolute atomic E-state index is 14.5. The summed E-state index contributed by atoms with van der Waals surface area (Å²) in [6.07, 6.45) is 2.57. The third kappa shape index (κ3) is 4.68. The maximum Gasteiger partial charge on any atom is 0.305 e. The van der Waals surface area contributed by atoms with Crippen molar-refractivity contribution in [1.82, 2.24) is 15.2 Å². The number of carbonyl (C=O) groups is 1. The predicted molar refractivity (Wildman–Crippen MR) is 125 cm³/mol. The van der Waals surface area contributed by atoms with Crippen LogP contribution in [0.15, 0.2) is 63.6 Å². The smallest absolute Gasteiger partial charge is 0.305 e. The number of methoxy groups -OCH3 is 1. The number of nitrogens with zero attached hydrogens (tertiary/aromatic N) is 2. The summed E-state index contributed by atoms with van der Waals surface area (Å²) in [5.74, 6) is 0.406. The fraction of sp³-hybridized carbons (Fsp3) is 0.261. The number of furan rings is 1. The van der Waals surface area contributed by atoms with E-state index in [-0.39, 0.29) is 30.3 Å². The first-order valence-corrected chi connectivity index (χ1v) is 11.3. The number of hydrogen-bond donors (Lipinski definition) is 1. The lowest BCUT2D eigenvalue weighted by Gasteiger charge is -2.25. The molecule has 1 N–H and O–H groups in total. The number of ether oxygens (including phenoxy) is 1. The Hall–Kier alpha value is -2.78. The lowest BCUT2D eigenvalue weighted by molar-refractivity contribution is -0.140. The van der Waals surface area contributed by atoms with Crippen molar-refractivity contribution in [2.24, 2.45) is 0 Å². The molecule has 32 heavy (non-hydrogen) atoms. The molecule has 0 spiro atoms. The van der Waals surface area contributed by atoms with Gasteiger partial charge in [0.1, 0.15) is 23.4 Å². The van der Waals surface area contributed by atoms with Crippen LogP contribution in [0.2, 0.25) is 0 Å². The molecule has 9 heteroatoms. The third-order valence-electron chi connectivity index (χ3n) is 5.32. The minimum atomic E-state index is -0.378. The number of pyridine rings is 1. The standard InChI is InChI=1S/C23H21BrFN3O3S/c1-30-20(29)6-4-12-28-22(21(27-23(28)32)17-5-2-3-11-26-17)19-10-9-18(31-19)15-8-7-14(24)13-16(15)25/h2-3,5,7-11,13,21-22H,4,6,12H2,1H3,(H,27,32)/t21-,22+/m0/s1. The summed E-state index contributed by atoms with van der Waals surface area (Å²) < 4.78 is 26.0. The van der Waals surface area contributed by atoms with Crippen LogP contribution in [0.5, 0.6) is 0 Å². The number of benzene rings is 1. The van der Waals surface area contributed by atoms with Gasteiger partial charge in [0.05, 0.1) is 24.4 Å². The second-order valence-corrected chi connectivity index (χ2v) is 8.63. The van der Waals surface area contributed by atoms with Crippen LogP contribution in [0.3, 0.4) is 0 Å². The molecule has 0 radical (unpaired) electrons. The molecular weight excluding hydrogens is 497 g/mol. The van der Waals surface area contributed by atoms with Crippen LogP contribution in [-0.4, -0.2) is 34.6 Å². The van der Waals surface area contributed by atoms with E-state index in [1.807, 2.05) is 29.2 Å². The molecule has 0 amide bonds. The summed E-state index contributed by atoms with van der Waals surface area (Å²) in [7, 11) is 1.37. The number of hydrogen-bond acceptors (Lipinski definition) is 5. The zero-order valence-electron chi connectivity index (χ0n) is 17.3. The third-order valence-corrected chi connectivity index (χ3v) is 6.17. The van der Waals surface area contributed by atoms with E-state index in [2.05, 4.69) is 26.2 Å². The molecular formula is C23H21BrFN3O3S. The van der Waals surface area contributed by atoms with E-state index in [0.29, 0.717) is 39.6 Å². The SMILES string of the molecule is COC(=O)CCCN1C(=S)N[C@@H](c2ccccn2)[C@H]1c1ccc(-c2ccc(Br)cc2F)o1. The summed E-state index contributed by atoms with van der Waals surface area (Å²) in [6, 6.07) is 13.6. The van der Waals surface area contributed by atoms with E-state index in [0.717, 1.165) is 5.69 Å². The Labute approximate surface area is 198 Å². The molecule has 0 saturated carbocycles. The molecule has 6 nitrogen and oxygen atoms in total. The summed E-state index contributed by atoms with van der Waals surface area (Å²) in [5, 5.41) is 3.87. The van der Waals surface area contributed by atoms with Crippen LogP contribution in [0.25, 0.3) is 11.3 Å². The van der Waals surface area contributed by atoms with Crippen LogP contribution in [0.1, 0.15) is 36.4 Å². The molecule has 0 bridgehead atoms. The van der Waals surface area contributed by atoms with Gasteiger partial charge in [0, 0.05) is 23.6 Å². The Morgan fingerprint density at radius 3 is 2.88 bits per heavy atom. The summed E-state index contributed by atoms with van der Waals surface area (Å²) in [4.78, 5) is 18.0. The number of carbonyl (C=O) groups excluding carboxylic acids is 1. The number of thiocarbonyl (C=S) groups is 1. The Kier molecular flexibility index (Phi) is 6.86. The lowest BCUT2D eigenvalue weighted by Crippen LogP contribution is -2.30. The van der Waals surface area contributed by atoms with E-state index >= 15 is 0 Å². The number of halogens is 2. The average Bonchev–Trinajstić information content (AvgIpc) is 3.39. The minimum Gasteiger partial charge on any atom is -0.469 e. The van der Waals surface area contributed by atoms with Gasteiger partial charge in [-0.1, -0.05) is 22.0 Å². The van der Waals surface area contributed by atoms with Gasteiger partial charge in [-0.2, -0.15) is 0 Å². The molecule has 1 aliphatic rings. The number of rotatable bonds is 7. The molecule has 166 valence electrons. The van der Waals surface area contributed by atoms with Crippen LogP contribution < -0.4 is 5.32 Å². The van der Waals surface area contributed by atoms with Crippen LogP contribution in [0.4, 0.5) is 4.39 Å². The largest absolute Gasteiger partial charge is 0.469 e. The van der Waals surface area contributed by atoms with E-state index in [4.69, 9.17) is 21.4 Å². The van der Waals surface area contributed by atoms with Crippen molar-refractivity contribution in [3.63, 3.8) is 0 Å². The van der Waals surface area contributed by atoms with Crippen molar-refractivity contribution in [3.8, 4) is 11.3 Å². The lowest BCUT2D eigenvalue weighted by atomic mass is 10.0. The zero-order chi connectivity index (χ0) is 22.7. The molecule has 0 aliphatic carbocycles. The Bertz CT molecular complexity index is 1120. The predicted octanol–water partition coefficient (Wildman–Crippen LogP) is 5.17. The fourth-order valence-electron chi connectivity index (χ4n) is 3.80. The van der Waals surface area contributed by atoms with Gasteiger partial charge in [0.25, 0.3) is 0 Å². The molecule has 1 aliphatic heterocycles. The quantitative estimate of drug-likeness (QED) is 0.342. The second kappa shape index (κ2) is 9.79. The summed E-state index contributed by atoms with van der Waals surface area (Å²) in [5.41, 5.74) is 1.18. The highest BCUT2D eigenvalue weighted by atomic mass is 79.9. The van der Waals surface area contributed by atoms with Gasteiger partial charge in [-0.25, -0.2) is 4.39 Å². The van der Waals surface area contributed by atoms with Gasteiger partial charge in [-0.15, -0.1) is 0 Å². The first-order chi connectivity index (χ1) is 15.5. The summed E-state index contributed by atoms with van der Waals surface area (Å²) in [6.45, 7) is 0.525. The molecule has 1 saturated heterocycles. The Balaban J connectivity index is 1.66. The van der Waals surface area contributed by atoms with Gasteiger partial charge in [0.15, 0.2) is 5.11 Å². The number of esters is 1. The van der Waals surface area contributed by atoms with Crippen LogP contribution >= 0.6 is 28.1 Å². The minimum absolute atomic E-state index is 0.254. The highest BCUT2D eigenvalue weighted by molar-refractivity contribution is 9.10. The van der Waals surface area contributed by atoms with Crippen molar-refractivity contribution in [2.75, 3.05) is 13.7 Å². The van der Waals surface area contributed by atoms with Gasteiger partial charge >= 0.3 is 5.97 Å². The van der Waals surface area contributed by atoms with E-state index < -0.39 is 0 Å². The summed E-state index contributed by atoms with van der Waals surface area (Å²) >= 11 is 8.88. The fourth-order valence-corrected chi connectivity index (χ4v) is 4.46. The maximum atomic E-state index is 14.5. The van der Waals surface area contributed by atoms with Gasteiger partial charge in [0.2, 0.25) is 0 Å². The highest BCUT2D eigenvalue weighted by Crippen LogP contribution is 2.41. The monoisotopic (exact) mass is 517 g/mol. The van der Waals surface area contributed by atoms with Crippen molar-refractivity contribution < 1.29 is 18.3 Å². The molecule has 3 aromatic rings. The van der Waals surface area contributed by atoms with Gasteiger partial charge in [-0.3, -0.25) is 9.78 Å². The Morgan fingerprint density at radius 1 is 1.31 bits per heavy atom. The Morgan fingerprint density at radius 2 is 2.16 bits per heavy atom. The molecule has 1 aromatic carbocycles. The van der Waals surface area contributed by atoms with Crippen molar-refractivity contribution >= 4 is 39.2 Å². The average molecular weight is 518 g/mol. The number of nitrogens with one attached hydrogen (secondary N) is 1.